The largest absolute Gasteiger partial charge is 0.465 e. The maximum Gasteiger partial charge on any atom is 0.407 e. The highest BCUT2D eigenvalue weighted by Crippen LogP contribution is 2.30. The summed E-state index contributed by atoms with van der Waals surface area (Å²) in [5.41, 5.74) is 1.13. The van der Waals surface area contributed by atoms with Crippen molar-refractivity contribution in [2.75, 3.05) is 6.54 Å². The number of carboxylic acid groups (broad SMARTS) is 1. The standard InChI is InChI=1S/C11H14N2O2/c1-8-5-10(7-13(8)11(14)15)9-3-2-4-12-6-9/h2-4,6,8,10H,5,7H2,1H3,(H,14,15)/t8-,10+/m1/s1. The van der Waals surface area contributed by atoms with Gasteiger partial charge in [-0.2, -0.15) is 0 Å². The van der Waals surface area contributed by atoms with E-state index < -0.39 is 6.09 Å². The van der Waals surface area contributed by atoms with Gasteiger partial charge in [-0.15, -0.1) is 0 Å². The van der Waals surface area contributed by atoms with Gasteiger partial charge in [0.1, 0.15) is 0 Å². The van der Waals surface area contributed by atoms with Crippen LogP contribution in [-0.4, -0.2) is 33.7 Å². The van der Waals surface area contributed by atoms with Crippen molar-refractivity contribution in [3.63, 3.8) is 0 Å². The van der Waals surface area contributed by atoms with E-state index in [9.17, 15) is 4.79 Å². The highest BCUT2D eigenvalue weighted by Gasteiger charge is 2.32. The van der Waals surface area contributed by atoms with Gasteiger partial charge in [-0.25, -0.2) is 4.79 Å². The molecule has 2 rings (SSSR count). The van der Waals surface area contributed by atoms with Crippen LogP contribution in [0.2, 0.25) is 0 Å². The summed E-state index contributed by atoms with van der Waals surface area (Å²) in [6.45, 7) is 2.53. The third-order valence-electron chi connectivity index (χ3n) is 2.98. The molecule has 0 spiro atoms. The molecule has 0 aliphatic carbocycles. The van der Waals surface area contributed by atoms with Crippen LogP contribution in [0.15, 0.2) is 24.5 Å². The van der Waals surface area contributed by atoms with Gasteiger partial charge in [0, 0.05) is 30.9 Å². The van der Waals surface area contributed by atoms with Gasteiger partial charge < -0.3 is 10.0 Å². The highest BCUT2D eigenvalue weighted by atomic mass is 16.4. The van der Waals surface area contributed by atoms with E-state index in [4.69, 9.17) is 5.11 Å². The predicted molar refractivity (Wildman–Crippen MR) is 55.8 cm³/mol. The van der Waals surface area contributed by atoms with Crippen LogP contribution >= 0.6 is 0 Å². The summed E-state index contributed by atoms with van der Waals surface area (Å²) in [5.74, 6) is 0.296. The van der Waals surface area contributed by atoms with Gasteiger partial charge in [0.05, 0.1) is 0 Å². The fourth-order valence-corrected chi connectivity index (χ4v) is 2.16. The molecular weight excluding hydrogens is 192 g/mol. The normalized spacial score (nSPS) is 25.5. The first-order valence-electron chi connectivity index (χ1n) is 5.08. The lowest BCUT2D eigenvalue weighted by Crippen LogP contribution is -2.32. The van der Waals surface area contributed by atoms with Crippen LogP contribution in [-0.2, 0) is 0 Å². The lowest BCUT2D eigenvalue weighted by molar-refractivity contribution is 0.143. The number of carbonyl (C=O) groups is 1. The first-order valence-corrected chi connectivity index (χ1v) is 5.08. The lowest BCUT2D eigenvalue weighted by atomic mass is 9.98. The van der Waals surface area contributed by atoms with Gasteiger partial charge in [0.2, 0.25) is 0 Å². The van der Waals surface area contributed by atoms with Gasteiger partial charge in [0.25, 0.3) is 0 Å². The third-order valence-corrected chi connectivity index (χ3v) is 2.98. The Kier molecular flexibility index (Phi) is 2.58. The number of aromatic nitrogens is 1. The molecule has 1 N–H and O–H groups in total. The first kappa shape index (κ1) is 9.96. The molecule has 0 aromatic carbocycles. The fourth-order valence-electron chi connectivity index (χ4n) is 2.16. The number of rotatable bonds is 1. The molecule has 1 amide bonds. The Morgan fingerprint density at radius 1 is 1.67 bits per heavy atom. The summed E-state index contributed by atoms with van der Waals surface area (Å²) in [6.07, 6.45) is 3.62. The lowest BCUT2D eigenvalue weighted by Gasteiger charge is -2.16. The van der Waals surface area contributed by atoms with Crippen molar-refractivity contribution >= 4 is 6.09 Å². The van der Waals surface area contributed by atoms with Crippen LogP contribution in [0, 0.1) is 0 Å². The Hall–Kier alpha value is -1.58. The molecule has 80 valence electrons. The smallest absolute Gasteiger partial charge is 0.407 e. The Balaban J connectivity index is 2.13. The van der Waals surface area contributed by atoms with E-state index >= 15 is 0 Å². The molecule has 0 radical (unpaired) electrons. The third kappa shape index (κ3) is 1.93. The molecule has 4 heteroatoms. The second-order valence-electron chi connectivity index (χ2n) is 4.00. The van der Waals surface area contributed by atoms with Crippen molar-refractivity contribution in [2.45, 2.75) is 25.3 Å². The van der Waals surface area contributed by atoms with Crippen LogP contribution in [0.3, 0.4) is 0 Å². The minimum Gasteiger partial charge on any atom is -0.465 e. The Bertz CT molecular complexity index is 353. The van der Waals surface area contributed by atoms with Crippen LogP contribution in [0.4, 0.5) is 4.79 Å². The molecule has 1 aromatic heterocycles. The zero-order valence-corrected chi connectivity index (χ0v) is 8.63. The highest BCUT2D eigenvalue weighted by molar-refractivity contribution is 5.66. The van der Waals surface area contributed by atoms with Crippen molar-refractivity contribution in [2.24, 2.45) is 0 Å². The molecule has 0 saturated carbocycles. The van der Waals surface area contributed by atoms with E-state index in [2.05, 4.69) is 4.98 Å². The molecule has 1 saturated heterocycles. The van der Waals surface area contributed by atoms with E-state index in [1.165, 1.54) is 4.90 Å². The van der Waals surface area contributed by atoms with Gasteiger partial charge in [-0.1, -0.05) is 6.07 Å². The van der Waals surface area contributed by atoms with E-state index in [0.717, 1.165) is 12.0 Å². The second-order valence-corrected chi connectivity index (χ2v) is 4.00. The van der Waals surface area contributed by atoms with Crippen molar-refractivity contribution in [1.82, 2.24) is 9.88 Å². The Morgan fingerprint density at radius 2 is 2.47 bits per heavy atom. The molecule has 0 unspecified atom stereocenters. The maximum absolute atomic E-state index is 10.9. The molecular formula is C11H14N2O2. The molecule has 2 heterocycles. The average Bonchev–Trinajstić information content (AvgIpc) is 2.62. The monoisotopic (exact) mass is 206 g/mol. The van der Waals surface area contributed by atoms with E-state index in [1.54, 1.807) is 6.20 Å². The summed E-state index contributed by atoms with van der Waals surface area (Å²) in [5, 5.41) is 8.96. The van der Waals surface area contributed by atoms with Gasteiger partial charge in [0.15, 0.2) is 0 Å². The summed E-state index contributed by atoms with van der Waals surface area (Å²) >= 11 is 0. The quantitative estimate of drug-likeness (QED) is 0.764. The number of pyridine rings is 1. The van der Waals surface area contributed by atoms with Crippen LogP contribution in [0.5, 0.6) is 0 Å². The van der Waals surface area contributed by atoms with Crippen LogP contribution in [0.1, 0.15) is 24.8 Å². The SMILES string of the molecule is C[C@@H]1C[C@H](c2cccnc2)CN1C(=O)O. The first-order chi connectivity index (χ1) is 7.18. The van der Waals surface area contributed by atoms with Crippen molar-refractivity contribution in [3.05, 3.63) is 30.1 Å². The molecule has 15 heavy (non-hydrogen) atoms. The zero-order chi connectivity index (χ0) is 10.8. The minimum atomic E-state index is -0.825. The van der Waals surface area contributed by atoms with Gasteiger partial charge in [-0.05, 0) is 25.0 Å². The molecule has 1 aliphatic rings. The number of hydrogen-bond acceptors (Lipinski definition) is 2. The fraction of sp³-hybridized carbons (Fsp3) is 0.455. The number of hydrogen-bond donors (Lipinski definition) is 1. The summed E-state index contributed by atoms with van der Waals surface area (Å²) in [6, 6.07) is 4.01. The summed E-state index contributed by atoms with van der Waals surface area (Å²) in [4.78, 5) is 16.5. The second kappa shape index (κ2) is 3.88. The van der Waals surface area contributed by atoms with Crippen LogP contribution in [0.25, 0.3) is 0 Å². The topological polar surface area (TPSA) is 53.4 Å². The van der Waals surface area contributed by atoms with E-state index in [-0.39, 0.29) is 6.04 Å². The maximum atomic E-state index is 10.9. The number of likely N-dealkylation sites (tertiary alicyclic amines) is 1. The average molecular weight is 206 g/mol. The predicted octanol–water partition coefficient (Wildman–Crippen LogP) is 1.94. The number of amides is 1. The summed E-state index contributed by atoms with van der Waals surface area (Å²) in [7, 11) is 0. The Morgan fingerprint density at radius 3 is 3.00 bits per heavy atom. The van der Waals surface area contributed by atoms with Gasteiger partial charge in [-0.3, -0.25) is 4.98 Å². The van der Waals surface area contributed by atoms with Crippen molar-refractivity contribution in [3.8, 4) is 0 Å². The van der Waals surface area contributed by atoms with Crippen molar-refractivity contribution < 1.29 is 9.90 Å². The van der Waals surface area contributed by atoms with E-state index in [0.29, 0.717) is 12.5 Å². The van der Waals surface area contributed by atoms with E-state index in [1.807, 2.05) is 25.3 Å². The van der Waals surface area contributed by atoms with Crippen molar-refractivity contribution in [1.29, 1.82) is 0 Å². The Labute approximate surface area is 88.6 Å². The minimum absolute atomic E-state index is 0.104. The zero-order valence-electron chi connectivity index (χ0n) is 8.63. The summed E-state index contributed by atoms with van der Waals surface area (Å²) < 4.78 is 0. The molecule has 1 fully saturated rings. The molecule has 2 atom stereocenters. The number of nitrogens with zero attached hydrogens (tertiary/aromatic N) is 2. The molecule has 1 aromatic rings. The molecule has 4 nitrogen and oxygen atoms in total. The molecule has 1 aliphatic heterocycles. The van der Waals surface area contributed by atoms with Gasteiger partial charge >= 0.3 is 6.09 Å². The molecule has 0 bridgehead atoms. The van der Waals surface area contributed by atoms with Crippen LogP contribution < -0.4 is 0 Å².